The Morgan fingerprint density at radius 3 is 2.53 bits per heavy atom. The third-order valence-electron chi connectivity index (χ3n) is 4.56. The van der Waals surface area contributed by atoms with Gasteiger partial charge >= 0.3 is 6.03 Å². The second-order valence-corrected chi connectivity index (χ2v) is 8.71. The predicted octanol–water partition coefficient (Wildman–Crippen LogP) is 3.97. The highest BCUT2D eigenvalue weighted by atomic mass is 32.2. The number of hydrogen-bond donors (Lipinski definition) is 2. The van der Waals surface area contributed by atoms with E-state index in [-0.39, 0.29) is 17.0 Å². The molecule has 0 saturated heterocycles. The van der Waals surface area contributed by atoms with Crippen molar-refractivity contribution in [2.75, 3.05) is 5.32 Å². The topological polar surface area (TPSA) is 99.8 Å². The van der Waals surface area contributed by atoms with Crippen LogP contribution in [0.4, 0.5) is 14.9 Å². The highest BCUT2D eigenvalue weighted by Crippen LogP contribution is 2.35. The Bertz CT molecular complexity index is 1050. The molecular formula is C20H25FN6O2S. The van der Waals surface area contributed by atoms with Crippen molar-refractivity contribution in [3.63, 3.8) is 0 Å². The van der Waals surface area contributed by atoms with Crippen molar-refractivity contribution >= 4 is 23.1 Å². The lowest BCUT2D eigenvalue weighted by Gasteiger charge is -2.18. The van der Waals surface area contributed by atoms with E-state index >= 15 is 0 Å². The quantitative estimate of drug-likeness (QED) is 0.576. The highest BCUT2D eigenvalue weighted by molar-refractivity contribution is 7.90. The second-order valence-electron chi connectivity index (χ2n) is 7.55. The molecule has 10 heteroatoms. The predicted molar refractivity (Wildman–Crippen MR) is 114 cm³/mol. The zero-order valence-electron chi connectivity index (χ0n) is 17.5. The molecule has 2 heterocycles. The first kappa shape index (κ1) is 21.8. The van der Waals surface area contributed by atoms with E-state index in [2.05, 4.69) is 20.1 Å². The number of carbonyl (C=O) groups is 1. The molecule has 1 unspecified atom stereocenters. The average molecular weight is 433 g/mol. The highest BCUT2D eigenvalue weighted by Gasteiger charge is 2.23. The summed E-state index contributed by atoms with van der Waals surface area (Å²) in [5.74, 6) is -0.468. The third-order valence-corrected chi connectivity index (χ3v) is 5.52. The minimum Gasteiger partial charge on any atom is -0.586 e. The van der Waals surface area contributed by atoms with E-state index in [9.17, 15) is 13.7 Å². The third kappa shape index (κ3) is 4.82. The first-order valence-electron chi connectivity index (χ1n) is 9.51. The Labute approximate surface area is 177 Å². The molecular weight excluding hydrogens is 407 g/mol. The minimum absolute atomic E-state index is 0.0568. The number of anilines is 1. The number of hydrogen-bond acceptors (Lipinski definition) is 4. The lowest BCUT2D eigenvalue weighted by molar-refractivity contribution is 0.256. The van der Waals surface area contributed by atoms with Crippen LogP contribution in [0.3, 0.4) is 0 Å². The van der Waals surface area contributed by atoms with Crippen molar-refractivity contribution < 1.29 is 13.7 Å². The van der Waals surface area contributed by atoms with Gasteiger partial charge in [0.1, 0.15) is 23.5 Å². The van der Waals surface area contributed by atoms with E-state index in [1.807, 2.05) is 27.7 Å². The molecule has 160 valence electrons. The van der Waals surface area contributed by atoms with Crippen molar-refractivity contribution in [1.29, 1.82) is 0 Å². The maximum Gasteiger partial charge on any atom is 0.361 e. The molecule has 1 atom stereocenters. The molecule has 0 fully saturated rings. The maximum atomic E-state index is 14.3. The molecule has 0 radical (unpaired) electrons. The van der Waals surface area contributed by atoms with Gasteiger partial charge in [-0.1, -0.05) is 13.8 Å². The lowest BCUT2D eigenvalue weighted by Crippen LogP contribution is -2.35. The zero-order valence-corrected chi connectivity index (χ0v) is 18.3. The van der Waals surface area contributed by atoms with Crippen molar-refractivity contribution in [2.24, 2.45) is 7.05 Å². The van der Waals surface area contributed by atoms with Crippen LogP contribution in [0.5, 0.6) is 0 Å². The number of carbonyl (C=O) groups excluding carboxylic acids is 1. The fourth-order valence-electron chi connectivity index (χ4n) is 2.98. The van der Waals surface area contributed by atoms with Crippen LogP contribution in [-0.4, -0.2) is 29.9 Å². The number of rotatable bonds is 6. The number of amides is 2. The maximum absolute atomic E-state index is 14.3. The lowest BCUT2D eigenvalue weighted by atomic mass is 9.95. The number of nitrogens with zero attached hydrogens (tertiary/aromatic N) is 4. The van der Waals surface area contributed by atoms with Crippen LogP contribution >= 0.6 is 0 Å². The van der Waals surface area contributed by atoms with Crippen molar-refractivity contribution in [1.82, 2.24) is 24.1 Å². The van der Waals surface area contributed by atoms with Gasteiger partial charge in [0.15, 0.2) is 0 Å². The molecule has 30 heavy (non-hydrogen) atoms. The van der Waals surface area contributed by atoms with Crippen molar-refractivity contribution in [2.45, 2.75) is 44.7 Å². The van der Waals surface area contributed by atoms with Gasteiger partial charge in [0.25, 0.3) is 5.03 Å². The van der Waals surface area contributed by atoms with E-state index in [0.29, 0.717) is 22.4 Å². The summed E-state index contributed by atoms with van der Waals surface area (Å²) in [6.07, 6.45) is 6.52. The monoisotopic (exact) mass is 432 g/mol. The summed E-state index contributed by atoms with van der Waals surface area (Å²) >= 11 is -1.84. The van der Waals surface area contributed by atoms with Crippen LogP contribution in [-0.2, 0) is 18.4 Å². The standard InChI is InChI=1S/C20H25FN6O2S/c1-12(2)16-6-15(21)7-17(14-8-23-26(5)9-14)19(16)24-20(28)25-30(29)18-10-27(11-22-18)13(3)4/h6-13H,1-5H3,(H2,24,25,28). The summed E-state index contributed by atoms with van der Waals surface area (Å²) in [6.45, 7) is 7.75. The molecule has 0 aliphatic heterocycles. The summed E-state index contributed by atoms with van der Waals surface area (Å²) < 4.78 is 32.6. The van der Waals surface area contributed by atoms with E-state index in [1.165, 1.54) is 12.1 Å². The van der Waals surface area contributed by atoms with Gasteiger partial charge in [-0.25, -0.2) is 9.18 Å². The summed E-state index contributed by atoms with van der Waals surface area (Å²) in [6, 6.07) is 2.22. The summed E-state index contributed by atoms with van der Waals surface area (Å²) in [4.78, 5) is 16.7. The first-order chi connectivity index (χ1) is 14.2. The van der Waals surface area contributed by atoms with Gasteiger partial charge in [-0.3, -0.25) is 4.68 Å². The smallest absolute Gasteiger partial charge is 0.361 e. The Morgan fingerprint density at radius 1 is 1.23 bits per heavy atom. The van der Waals surface area contributed by atoms with Gasteiger partial charge in [0.05, 0.1) is 18.1 Å². The van der Waals surface area contributed by atoms with Crippen LogP contribution in [0.25, 0.3) is 11.1 Å². The minimum atomic E-state index is -1.84. The van der Waals surface area contributed by atoms with Gasteiger partial charge < -0.3 is 14.4 Å². The van der Waals surface area contributed by atoms with Gasteiger partial charge in [-0.2, -0.15) is 10.1 Å². The molecule has 8 nitrogen and oxygen atoms in total. The summed E-state index contributed by atoms with van der Waals surface area (Å²) in [5, 5.41) is 7.12. The Balaban J connectivity index is 1.87. The molecule has 2 N–H and O–H groups in total. The molecule has 0 aliphatic carbocycles. The molecule has 3 rings (SSSR count). The Morgan fingerprint density at radius 2 is 1.97 bits per heavy atom. The summed E-state index contributed by atoms with van der Waals surface area (Å²) in [7, 11) is 1.76. The van der Waals surface area contributed by atoms with Gasteiger partial charge in [0, 0.05) is 30.4 Å². The van der Waals surface area contributed by atoms with E-state index < -0.39 is 23.2 Å². The number of aryl methyl sites for hydroxylation is 1. The van der Waals surface area contributed by atoms with Gasteiger partial charge in [0.2, 0.25) is 0 Å². The number of urea groups is 1. The van der Waals surface area contributed by atoms with E-state index in [1.54, 1.807) is 41.2 Å². The van der Waals surface area contributed by atoms with E-state index in [4.69, 9.17) is 0 Å². The van der Waals surface area contributed by atoms with Crippen LogP contribution in [0.2, 0.25) is 0 Å². The molecule has 2 amide bonds. The van der Waals surface area contributed by atoms with Crippen LogP contribution in [0.15, 0.2) is 42.1 Å². The summed E-state index contributed by atoms with van der Waals surface area (Å²) in [5.41, 5.74) is 2.23. The largest absolute Gasteiger partial charge is 0.586 e. The normalized spacial score (nSPS) is 12.4. The molecule has 3 aromatic rings. The van der Waals surface area contributed by atoms with Crippen LogP contribution in [0.1, 0.15) is 45.2 Å². The Hall–Kier alpha value is -2.85. The number of halogens is 1. The molecule has 0 saturated carbocycles. The average Bonchev–Trinajstić information content (AvgIpc) is 3.32. The van der Waals surface area contributed by atoms with Crippen molar-refractivity contribution in [3.8, 4) is 11.1 Å². The second kappa shape index (κ2) is 8.88. The zero-order chi connectivity index (χ0) is 22.0. The SMILES string of the molecule is CC(C)c1cc(F)cc(-c2cnn(C)c2)c1NC(=O)N[S+]([O-])c1cn(C(C)C)cn1. The van der Waals surface area contributed by atoms with Gasteiger partial charge in [-0.05, 0) is 37.5 Å². The fourth-order valence-corrected chi connectivity index (χ4v) is 3.67. The molecule has 2 aromatic heterocycles. The number of imidazole rings is 1. The van der Waals surface area contributed by atoms with Crippen LogP contribution in [0, 0.1) is 5.82 Å². The molecule has 0 aliphatic rings. The molecule has 0 spiro atoms. The van der Waals surface area contributed by atoms with Crippen molar-refractivity contribution in [3.05, 3.63) is 48.4 Å². The number of benzene rings is 1. The van der Waals surface area contributed by atoms with Gasteiger partial charge in [-0.15, -0.1) is 4.72 Å². The molecule has 0 bridgehead atoms. The molecule has 1 aromatic carbocycles. The number of nitrogens with one attached hydrogen (secondary N) is 2. The Kier molecular flexibility index (Phi) is 6.47. The number of aromatic nitrogens is 4. The van der Waals surface area contributed by atoms with E-state index in [0.717, 1.165) is 0 Å². The van der Waals surface area contributed by atoms with Crippen LogP contribution < -0.4 is 10.0 Å². The fraction of sp³-hybridized carbons (Fsp3) is 0.350. The first-order valence-corrected chi connectivity index (χ1v) is 10.7.